The lowest BCUT2D eigenvalue weighted by Crippen LogP contribution is -2.49. The molecule has 4 aromatic rings. The summed E-state index contributed by atoms with van der Waals surface area (Å²) in [5, 5.41) is 20.1. The molecule has 0 spiro atoms. The van der Waals surface area contributed by atoms with Gasteiger partial charge in [0.1, 0.15) is 17.7 Å². The quantitative estimate of drug-likeness (QED) is 0.184. The predicted octanol–water partition coefficient (Wildman–Crippen LogP) is 2.72. The van der Waals surface area contributed by atoms with Gasteiger partial charge < -0.3 is 30.9 Å². The van der Waals surface area contributed by atoms with Crippen molar-refractivity contribution in [2.75, 3.05) is 80.6 Å². The highest BCUT2D eigenvalue weighted by atomic mass is 19.4. The number of benzene rings is 1. The van der Waals surface area contributed by atoms with Gasteiger partial charge in [-0.15, -0.1) is 10.2 Å². The standard InChI is InChI=1S/C34H38F4N12O3/c35-24-16-22(42-32-29(30(39)52)46-47-31(43-32)27-18-40-7-14-53-27)1-3-26(24)49-12-10-48(11-13-49)19-20-5-8-50(9-6-20)33-23(34(36,37)38)15-21(17-41-33)25-2-4-28(51)45-44-25/h1-4,15-17,20,27,40H,5-14,18-19H2,(H2,39,52)(H,45,51)(H,42,43,47). The van der Waals surface area contributed by atoms with Crippen molar-refractivity contribution >= 4 is 28.9 Å². The van der Waals surface area contributed by atoms with Gasteiger partial charge in [-0.25, -0.2) is 19.5 Å². The fourth-order valence-electron chi connectivity index (χ4n) is 6.86. The van der Waals surface area contributed by atoms with E-state index >= 15 is 4.39 Å². The number of carbonyl (C=O) groups excluding carboxylic acids is 1. The average molecular weight is 739 g/mol. The molecular weight excluding hydrogens is 700 g/mol. The second-order valence-corrected chi connectivity index (χ2v) is 13.2. The fraction of sp³-hybridized carbons (Fsp3) is 0.441. The van der Waals surface area contributed by atoms with Crippen molar-refractivity contribution in [3.05, 3.63) is 75.8 Å². The number of hydrogen-bond donors (Lipinski definition) is 4. The van der Waals surface area contributed by atoms with Crippen molar-refractivity contribution in [3.8, 4) is 11.3 Å². The lowest BCUT2D eigenvalue weighted by Gasteiger charge is -2.40. The second-order valence-electron chi connectivity index (χ2n) is 13.2. The van der Waals surface area contributed by atoms with Crippen molar-refractivity contribution in [3.63, 3.8) is 0 Å². The van der Waals surface area contributed by atoms with Crippen LogP contribution in [0.2, 0.25) is 0 Å². The first-order chi connectivity index (χ1) is 25.5. The molecule has 3 aromatic heterocycles. The first kappa shape index (κ1) is 36.1. The Kier molecular flexibility index (Phi) is 10.5. The zero-order valence-electron chi connectivity index (χ0n) is 28.6. The Labute approximate surface area is 300 Å². The number of piperazine rings is 1. The molecule has 1 aromatic carbocycles. The molecule has 53 heavy (non-hydrogen) atoms. The number of nitrogens with zero attached hydrogens (tertiary/aromatic N) is 8. The molecule has 3 aliphatic rings. The van der Waals surface area contributed by atoms with Crippen molar-refractivity contribution < 1.29 is 27.1 Å². The van der Waals surface area contributed by atoms with Crippen LogP contribution in [-0.2, 0) is 10.9 Å². The van der Waals surface area contributed by atoms with Crippen LogP contribution in [0.25, 0.3) is 11.3 Å². The van der Waals surface area contributed by atoms with E-state index < -0.39 is 35.1 Å². The van der Waals surface area contributed by atoms with Crippen LogP contribution in [0.1, 0.15) is 40.8 Å². The second kappa shape index (κ2) is 15.4. The molecular formula is C34H38F4N12O3. The number of amides is 1. The Bertz CT molecular complexity index is 1970. The molecule has 15 nitrogen and oxygen atoms in total. The Morgan fingerprint density at radius 1 is 1.02 bits per heavy atom. The largest absolute Gasteiger partial charge is 0.419 e. The number of aromatic amines is 1. The van der Waals surface area contributed by atoms with Crippen molar-refractivity contribution in [1.29, 1.82) is 0 Å². The number of hydrogen-bond acceptors (Lipinski definition) is 13. The number of piperidine rings is 1. The molecule has 1 amide bonds. The molecule has 1 atom stereocenters. The summed E-state index contributed by atoms with van der Waals surface area (Å²) in [6.45, 7) is 5.90. The summed E-state index contributed by atoms with van der Waals surface area (Å²) in [6.07, 6.45) is -2.32. The SMILES string of the molecule is NC(=O)c1nnc(C2CNCCO2)nc1Nc1ccc(N2CCN(CC3CCN(c4ncc(-c5ccc(=O)[nH]n5)cc4C(F)(F)F)CC3)CC2)c(F)c1. The summed E-state index contributed by atoms with van der Waals surface area (Å²) >= 11 is 0. The van der Waals surface area contributed by atoms with Gasteiger partial charge in [0.15, 0.2) is 17.3 Å². The van der Waals surface area contributed by atoms with Gasteiger partial charge in [0.25, 0.3) is 11.5 Å². The zero-order chi connectivity index (χ0) is 37.1. The minimum atomic E-state index is -4.62. The summed E-state index contributed by atoms with van der Waals surface area (Å²) in [4.78, 5) is 37.9. The summed E-state index contributed by atoms with van der Waals surface area (Å²) in [6, 6.07) is 8.27. The van der Waals surface area contributed by atoms with Crippen LogP contribution in [0.4, 0.5) is 40.6 Å². The van der Waals surface area contributed by atoms with E-state index in [0.717, 1.165) is 12.6 Å². The number of halogens is 4. The highest BCUT2D eigenvalue weighted by Crippen LogP contribution is 2.39. The maximum absolute atomic E-state index is 15.5. The minimum absolute atomic E-state index is 0.0541. The highest BCUT2D eigenvalue weighted by Gasteiger charge is 2.37. The number of primary amides is 1. The number of nitrogens with two attached hydrogens (primary N) is 1. The van der Waals surface area contributed by atoms with E-state index in [4.69, 9.17) is 10.5 Å². The van der Waals surface area contributed by atoms with E-state index in [1.54, 1.807) is 17.0 Å². The van der Waals surface area contributed by atoms with Crippen LogP contribution in [0.15, 0.2) is 47.4 Å². The molecule has 1 unspecified atom stereocenters. The Balaban J connectivity index is 0.929. The molecule has 0 bridgehead atoms. The average Bonchev–Trinajstić information content (AvgIpc) is 3.16. The topological polar surface area (TPSA) is 183 Å². The van der Waals surface area contributed by atoms with Crippen LogP contribution in [0.5, 0.6) is 0 Å². The number of pyridine rings is 1. The lowest BCUT2D eigenvalue weighted by molar-refractivity contribution is -0.137. The third-order valence-electron chi connectivity index (χ3n) is 9.65. The smallest absolute Gasteiger partial charge is 0.367 e. The van der Waals surface area contributed by atoms with Crippen LogP contribution in [-0.4, -0.2) is 107 Å². The van der Waals surface area contributed by atoms with Crippen molar-refractivity contribution in [1.82, 2.24) is 40.6 Å². The number of rotatable bonds is 9. The summed E-state index contributed by atoms with van der Waals surface area (Å²) in [5.74, 6) is -0.776. The Morgan fingerprint density at radius 3 is 2.47 bits per heavy atom. The Morgan fingerprint density at radius 2 is 1.81 bits per heavy atom. The van der Waals surface area contributed by atoms with Gasteiger partial charge in [-0.05, 0) is 49.1 Å². The highest BCUT2D eigenvalue weighted by molar-refractivity contribution is 5.96. The number of alkyl halides is 3. The van der Waals surface area contributed by atoms with Gasteiger partial charge in [-0.2, -0.15) is 18.3 Å². The number of aromatic nitrogens is 6. The van der Waals surface area contributed by atoms with Crippen LogP contribution >= 0.6 is 0 Å². The third-order valence-corrected chi connectivity index (χ3v) is 9.65. The number of morpholine rings is 1. The van der Waals surface area contributed by atoms with Gasteiger partial charge in [0.2, 0.25) is 0 Å². The number of carbonyl (C=O) groups is 1. The minimum Gasteiger partial charge on any atom is -0.367 e. The first-order valence-electron chi connectivity index (χ1n) is 17.3. The van der Waals surface area contributed by atoms with Gasteiger partial charge >= 0.3 is 6.18 Å². The van der Waals surface area contributed by atoms with E-state index in [-0.39, 0.29) is 34.4 Å². The molecule has 3 fully saturated rings. The molecule has 19 heteroatoms. The molecule has 0 saturated carbocycles. The maximum Gasteiger partial charge on any atom is 0.419 e. The molecule has 3 aliphatic heterocycles. The molecule has 7 rings (SSSR count). The van der Waals surface area contributed by atoms with Crippen LogP contribution in [0, 0.1) is 11.7 Å². The molecule has 280 valence electrons. The van der Waals surface area contributed by atoms with Crippen LogP contribution < -0.4 is 31.7 Å². The maximum atomic E-state index is 15.5. The first-order valence-corrected chi connectivity index (χ1v) is 17.3. The molecule has 6 heterocycles. The summed E-state index contributed by atoms with van der Waals surface area (Å²) in [5.41, 5.74) is 5.17. The van der Waals surface area contributed by atoms with Crippen molar-refractivity contribution in [2.24, 2.45) is 11.7 Å². The lowest BCUT2D eigenvalue weighted by atomic mass is 9.95. The number of H-pyrrole nitrogens is 1. The van der Waals surface area contributed by atoms with Gasteiger partial charge in [0, 0.05) is 82.4 Å². The van der Waals surface area contributed by atoms with E-state index in [1.165, 1.54) is 24.4 Å². The Hall–Kier alpha value is -5.27. The van der Waals surface area contributed by atoms with E-state index in [2.05, 4.69) is 45.9 Å². The summed E-state index contributed by atoms with van der Waals surface area (Å²) in [7, 11) is 0. The van der Waals surface area contributed by atoms with Gasteiger partial charge in [-0.1, -0.05) is 0 Å². The van der Waals surface area contributed by atoms with E-state index in [1.807, 2.05) is 4.90 Å². The summed E-state index contributed by atoms with van der Waals surface area (Å²) < 4.78 is 63.6. The van der Waals surface area contributed by atoms with E-state index in [0.29, 0.717) is 89.1 Å². The molecule has 0 aliphatic carbocycles. The van der Waals surface area contributed by atoms with Crippen molar-refractivity contribution in [2.45, 2.75) is 25.1 Å². The predicted molar refractivity (Wildman–Crippen MR) is 186 cm³/mol. The van der Waals surface area contributed by atoms with E-state index in [9.17, 15) is 22.8 Å². The van der Waals surface area contributed by atoms with Gasteiger partial charge in [0.05, 0.1) is 23.6 Å². The molecule has 0 radical (unpaired) electrons. The third kappa shape index (κ3) is 8.36. The fourth-order valence-corrected chi connectivity index (χ4v) is 6.86. The molecule has 3 saturated heterocycles. The molecule has 5 N–H and O–H groups in total. The zero-order valence-corrected chi connectivity index (χ0v) is 28.6. The number of anilines is 4. The van der Waals surface area contributed by atoms with Crippen LogP contribution in [0.3, 0.4) is 0 Å². The normalized spacial score (nSPS) is 19.0. The number of ether oxygens (including phenoxy) is 1. The number of nitrogens with one attached hydrogen (secondary N) is 3. The monoisotopic (exact) mass is 738 g/mol. The van der Waals surface area contributed by atoms with Gasteiger partial charge in [-0.3, -0.25) is 14.5 Å².